The van der Waals surface area contributed by atoms with Gasteiger partial charge in [-0.2, -0.15) is 0 Å². The van der Waals surface area contributed by atoms with Crippen molar-refractivity contribution >= 4 is 15.9 Å². The van der Waals surface area contributed by atoms with Crippen molar-refractivity contribution in [3.63, 3.8) is 0 Å². The van der Waals surface area contributed by atoms with Crippen molar-refractivity contribution in [3.8, 4) is 0 Å². The van der Waals surface area contributed by atoms with Crippen molar-refractivity contribution < 1.29 is 4.74 Å². The number of ether oxygens (including phenoxy) is 1. The molecule has 0 atom stereocenters. The van der Waals surface area contributed by atoms with Crippen LogP contribution < -0.4 is 5.32 Å². The molecule has 18 heavy (non-hydrogen) atoms. The summed E-state index contributed by atoms with van der Waals surface area (Å²) in [7, 11) is 0. The summed E-state index contributed by atoms with van der Waals surface area (Å²) in [6, 6.07) is 6.66. The zero-order chi connectivity index (χ0) is 12.6. The van der Waals surface area contributed by atoms with E-state index in [1.165, 1.54) is 28.4 Å². The first-order chi connectivity index (χ1) is 8.72. The lowest BCUT2D eigenvalue weighted by molar-refractivity contribution is -0.0967. The van der Waals surface area contributed by atoms with E-state index in [4.69, 9.17) is 4.74 Å². The van der Waals surface area contributed by atoms with Gasteiger partial charge in [0.1, 0.15) is 0 Å². The molecule has 2 saturated heterocycles. The van der Waals surface area contributed by atoms with Gasteiger partial charge in [0.15, 0.2) is 0 Å². The highest BCUT2D eigenvalue weighted by Gasteiger charge is 2.47. The molecule has 2 heterocycles. The van der Waals surface area contributed by atoms with E-state index in [1.54, 1.807) is 0 Å². The molecule has 0 amide bonds. The molecule has 0 unspecified atom stereocenters. The molecule has 3 rings (SSSR count). The van der Waals surface area contributed by atoms with Crippen LogP contribution in [0.5, 0.6) is 0 Å². The highest BCUT2D eigenvalue weighted by Crippen LogP contribution is 2.45. The molecular formula is C15H20BrNO. The van der Waals surface area contributed by atoms with Gasteiger partial charge in [-0.3, -0.25) is 0 Å². The Morgan fingerprint density at radius 2 is 2.00 bits per heavy atom. The van der Waals surface area contributed by atoms with Gasteiger partial charge in [0, 0.05) is 9.89 Å². The van der Waals surface area contributed by atoms with Crippen molar-refractivity contribution in [1.29, 1.82) is 0 Å². The molecular weight excluding hydrogens is 290 g/mol. The number of benzene rings is 1. The lowest BCUT2D eigenvalue weighted by Gasteiger charge is -2.50. The number of nitrogens with one attached hydrogen (secondary N) is 1. The van der Waals surface area contributed by atoms with Gasteiger partial charge in [-0.25, -0.2) is 0 Å². The number of hydrogen-bond donors (Lipinski definition) is 1. The molecule has 1 N–H and O–H groups in total. The van der Waals surface area contributed by atoms with E-state index >= 15 is 0 Å². The molecule has 1 aromatic carbocycles. The molecule has 0 radical (unpaired) electrons. The van der Waals surface area contributed by atoms with Crippen molar-refractivity contribution in [1.82, 2.24) is 5.32 Å². The Labute approximate surface area is 117 Å². The Kier molecular flexibility index (Phi) is 3.48. The number of hydrogen-bond acceptors (Lipinski definition) is 2. The summed E-state index contributed by atoms with van der Waals surface area (Å²) in [6.07, 6.45) is 2.55. The third kappa shape index (κ3) is 2.02. The molecule has 0 saturated carbocycles. The maximum absolute atomic E-state index is 5.61. The van der Waals surface area contributed by atoms with Gasteiger partial charge in [-0.05, 0) is 62.0 Å². The standard InChI is InChI=1S/C15H20BrNO/c1-11-2-3-13(16)8-14(11)15(9-18-10-15)12-4-6-17-7-5-12/h2-3,8,12,17H,4-7,9-10H2,1H3. The minimum absolute atomic E-state index is 0.274. The lowest BCUT2D eigenvalue weighted by Crippen LogP contribution is -2.55. The van der Waals surface area contributed by atoms with Gasteiger partial charge < -0.3 is 10.1 Å². The quantitative estimate of drug-likeness (QED) is 0.906. The van der Waals surface area contributed by atoms with Crippen LogP contribution in [0.4, 0.5) is 0 Å². The average molecular weight is 310 g/mol. The summed E-state index contributed by atoms with van der Waals surface area (Å²) >= 11 is 3.61. The molecule has 98 valence electrons. The maximum Gasteiger partial charge on any atom is 0.0588 e. The largest absolute Gasteiger partial charge is 0.379 e. The van der Waals surface area contributed by atoms with E-state index in [0.29, 0.717) is 0 Å². The summed E-state index contributed by atoms with van der Waals surface area (Å²) in [6.45, 7) is 6.33. The molecule has 2 fully saturated rings. The van der Waals surface area contributed by atoms with Crippen molar-refractivity contribution in [2.75, 3.05) is 26.3 Å². The van der Waals surface area contributed by atoms with Crippen molar-refractivity contribution in [2.45, 2.75) is 25.2 Å². The van der Waals surface area contributed by atoms with Crippen LogP contribution in [0.15, 0.2) is 22.7 Å². The molecule has 1 aromatic rings. The Hall–Kier alpha value is -0.380. The van der Waals surface area contributed by atoms with Crippen LogP contribution >= 0.6 is 15.9 Å². The Morgan fingerprint density at radius 1 is 1.28 bits per heavy atom. The minimum atomic E-state index is 0.274. The van der Waals surface area contributed by atoms with Gasteiger partial charge in [-0.1, -0.05) is 22.0 Å². The zero-order valence-electron chi connectivity index (χ0n) is 10.8. The minimum Gasteiger partial charge on any atom is -0.379 e. The van der Waals surface area contributed by atoms with Crippen LogP contribution in [0.2, 0.25) is 0 Å². The van der Waals surface area contributed by atoms with E-state index in [2.05, 4.69) is 46.4 Å². The van der Waals surface area contributed by atoms with Gasteiger partial charge in [0.25, 0.3) is 0 Å². The maximum atomic E-state index is 5.61. The molecule has 0 spiro atoms. The highest BCUT2D eigenvalue weighted by atomic mass is 79.9. The third-order valence-corrected chi connectivity index (χ3v) is 5.07. The number of rotatable bonds is 2. The summed E-state index contributed by atoms with van der Waals surface area (Å²) in [5, 5.41) is 3.46. The Balaban J connectivity index is 1.97. The summed E-state index contributed by atoms with van der Waals surface area (Å²) in [5.74, 6) is 0.764. The van der Waals surface area contributed by atoms with Crippen molar-refractivity contribution in [2.24, 2.45) is 5.92 Å². The predicted octanol–water partition coefficient (Wildman–Crippen LogP) is 3.03. The highest BCUT2D eigenvalue weighted by molar-refractivity contribution is 9.10. The molecule has 2 aliphatic rings. The first-order valence-corrected chi connectivity index (χ1v) is 7.57. The van der Waals surface area contributed by atoms with Crippen LogP contribution in [-0.2, 0) is 10.2 Å². The Morgan fingerprint density at radius 3 is 2.61 bits per heavy atom. The average Bonchev–Trinajstić information content (AvgIpc) is 2.34. The zero-order valence-corrected chi connectivity index (χ0v) is 12.4. The predicted molar refractivity (Wildman–Crippen MR) is 77.0 cm³/mol. The van der Waals surface area contributed by atoms with Crippen LogP contribution in [0, 0.1) is 12.8 Å². The van der Waals surface area contributed by atoms with E-state index in [-0.39, 0.29) is 5.41 Å². The van der Waals surface area contributed by atoms with E-state index in [9.17, 15) is 0 Å². The van der Waals surface area contributed by atoms with Gasteiger partial charge in [0.2, 0.25) is 0 Å². The summed E-state index contributed by atoms with van der Waals surface area (Å²) in [4.78, 5) is 0. The number of halogens is 1. The molecule has 0 aromatic heterocycles. The lowest BCUT2D eigenvalue weighted by atomic mass is 9.64. The fourth-order valence-corrected chi connectivity index (χ4v) is 3.80. The first-order valence-electron chi connectivity index (χ1n) is 6.77. The third-order valence-electron chi connectivity index (χ3n) is 4.58. The molecule has 2 aliphatic heterocycles. The van der Waals surface area contributed by atoms with Crippen LogP contribution in [0.3, 0.4) is 0 Å². The van der Waals surface area contributed by atoms with E-state index in [1.807, 2.05) is 0 Å². The molecule has 0 bridgehead atoms. The normalized spacial score (nSPS) is 23.7. The Bertz CT molecular complexity index is 436. The fraction of sp³-hybridized carbons (Fsp3) is 0.600. The van der Waals surface area contributed by atoms with Gasteiger partial charge >= 0.3 is 0 Å². The summed E-state index contributed by atoms with van der Waals surface area (Å²) < 4.78 is 6.79. The SMILES string of the molecule is Cc1ccc(Br)cc1C1(C2CCNCC2)COC1. The second kappa shape index (κ2) is 4.95. The van der Waals surface area contributed by atoms with Crippen molar-refractivity contribution in [3.05, 3.63) is 33.8 Å². The fourth-order valence-electron chi connectivity index (χ4n) is 3.44. The molecule has 2 nitrogen and oxygen atoms in total. The van der Waals surface area contributed by atoms with Crippen LogP contribution in [0.1, 0.15) is 24.0 Å². The first kappa shape index (κ1) is 12.6. The molecule has 3 heteroatoms. The van der Waals surface area contributed by atoms with Crippen LogP contribution in [-0.4, -0.2) is 26.3 Å². The van der Waals surface area contributed by atoms with Gasteiger partial charge in [-0.15, -0.1) is 0 Å². The smallest absolute Gasteiger partial charge is 0.0588 e. The van der Waals surface area contributed by atoms with E-state index < -0.39 is 0 Å². The second-order valence-electron chi connectivity index (χ2n) is 5.63. The van der Waals surface area contributed by atoms with Gasteiger partial charge in [0.05, 0.1) is 13.2 Å². The molecule has 0 aliphatic carbocycles. The monoisotopic (exact) mass is 309 g/mol. The second-order valence-corrected chi connectivity index (χ2v) is 6.55. The van der Waals surface area contributed by atoms with Crippen LogP contribution in [0.25, 0.3) is 0 Å². The van der Waals surface area contributed by atoms with E-state index in [0.717, 1.165) is 32.2 Å². The number of piperidine rings is 1. The summed E-state index contributed by atoms with van der Waals surface area (Å²) in [5.41, 5.74) is 3.17. The topological polar surface area (TPSA) is 21.3 Å². The number of aryl methyl sites for hydroxylation is 1.